The van der Waals surface area contributed by atoms with Gasteiger partial charge in [0.15, 0.2) is 5.65 Å². The summed E-state index contributed by atoms with van der Waals surface area (Å²) in [6.45, 7) is -2.53. The Morgan fingerprint density at radius 2 is 2.07 bits per heavy atom. The zero-order valence-corrected chi connectivity index (χ0v) is 14.7. The van der Waals surface area contributed by atoms with Crippen LogP contribution in [0.2, 0.25) is 5.02 Å². The first-order valence-corrected chi connectivity index (χ1v) is 8.76. The molecule has 0 spiro atoms. The molecule has 10 heteroatoms. The van der Waals surface area contributed by atoms with Crippen molar-refractivity contribution >= 4 is 17.2 Å². The number of benzene rings is 1. The smallest absolute Gasteiger partial charge is 0.389 e. The molecule has 3 aromatic rings. The topological polar surface area (TPSA) is 81.5 Å². The van der Waals surface area contributed by atoms with Crippen LogP contribution in [0.5, 0.6) is 6.01 Å². The van der Waals surface area contributed by atoms with Crippen LogP contribution in [-0.4, -0.2) is 32.8 Å². The fourth-order valence-corrected chi connectivity index (χ4v) is 3.28. The van der Waals surface area contributed by atoms with Crippen molar-refractivity contribution in [3.05, 3.63) is 45.5 Å². The zero-order chi connectivity index (χ0) is 19.0. The first kappa shape index (κ1) is 17.9. The summed E-state index contributed by atoms with van der Waals surface area (Å²) in [6.07, 6.45) is 2.33. The highest BCUT2D eigenvalue weighted by Gasteiger charge is 2.27. The summed E-state index contributed by atoms with van der Waals surface area (Å²) in [7, 11) is 0. The number of ether oxygens (including phenoxy) is 2. The van der Waals surface area contributed by atoms with Gasteiger partial charge >= 0.3 is 18.3 Å². The highest BCUT2D eigenvalue weighted by atomic mass is 35.5. The highest BCUT2D eigenvalue weighted by molar-refractivity contribution is 6.30. The monoisotopic (exact) mass is 396 g/mol. The summed E-state index contributed by atoms with van der Waals surface area (Å²) in [4.78, 5) is 18.5. The molecule has 0 saturated carbocycles. The number of aromatic amines is 1. The number of H-pyrrole nitrogens is 1. The number of fused-ring (bicyclic) bond motifs is 1. The molecule has 0 aliphatic carbocycles. The Morgan fingerprint density at radius 1 is 1.30 bits per heavy atom. The second-order valence-corrected chi connectivity index (χ2v) is 6.52. The number of nitrogens with zero attached hydrogens (tertiary/aromatic N) is 3. The Bertz CT molecular complexity index is 1010. The second kappa shape index (κ2) is 7.24. The summed E-state index contributed by atoms with van der Waals surface area (Å²) in [6, 6.07) is 6.31. The second-order valence-electron chi connectivity index (χ2n) is 6.08. The van der Waals surface area contributed by atoms with Crippen LogP contribution in [0.25, 0.3) is 16.8 Å². The lowest BCUT2D eigenvalue weighted by Gasteiger charge is -2.21. The van der Waals surface area contributed by atoms with Crippen LogP contribution in [0.4, 0.5) is 8.78 Å². The van der Waals surface area contributed by atoms with Crippen LogP contribution in [0.1, 0.15) is 31.1 Å². The molecular weight excluding hydrogens is 382 g/mol. The van der Waals surface area contributed by atoms with Gasteiger partial charge in [0.05, 0.1) is 5.56 Å². The molecule has 0 bridgehead atoms. The van der Waals surface area contributed by atoms with E-state index in [1.807, 2.05) is 0 Å². The number of hydrogen-bond donors (Lipinski definition) is 1. The third-order valence-electron chi connectivity index (χ3n) is 4.32. The zero-order valence-electron chi connectivity index (χ0n) is 14.0. The first-order valence-electron chi connectivity index (χ1n) is 8.38. The molecule has 4 rings (SSSR count). The van der Waals surface area contributed by atoms with Crippen molar-refractivity contribution in [3.63, 3.8) is 0 Å². The van der Waals surface area contributed by atoms with Crippen LogP contribution in [0.15, 0.2) is 29.1 Å². The standard InChI is InChI=1S/C17H15ClF2N4O3/c18-10-6-4-9(5-7-10)12-13(11-3-1-2-8-26-11)23-24-14(12)21-16(22-17(24)25)27-15(19)20/h4-7,11,15H,1-3,8H2,(H,21,22,25). The number of nitrogens with one attached hydrogen (secondary N) is 1. The summed E-state index contributed by atoms with van der Waals surface area (Å²) >= 11 is 5.97. The SMILES string of the molecule is O=c1[nH]c(OC(F)F)nc2c(-c3ccc(Cl)cc3)c(C3CCCCO3)nn12. The van der Waals surface area contributed by atoms with E-state index in [0.717, 1.165) is 23.8 Å². The Labute approximate surface area is 156 Å². The Balaban J connectivity index is 1.95. The average Bonchev–Trinajstić information content (AvgIpc) is 3.03. The molecule has 1 aromatic carbocycles. The molecule has 1 unspecified atom stereocenters. The van der Waals surface area contributed by atoms with Gasteiger partial charge in [-0.25, -0.2) is 4.79 Å². The van der Waals surface area contributed by atoms with Crippen molar-refractivity contribution in [3.8, 4) is 17.1 Å². The number of hydrogen-bond acceptors (Lipinski definition) is 5. The molecule has 1 aliphatic rings. The molecule has 7 nitrogen and oxygen atoms in total. The van der Waals surface area contributed by atoms with Gasteiger partial charge in [-0.3, -0.25) is 4.98 Å². The maximum absolute atomic E-state index is 12.6. The molecule has 2 aromatic heterocycles. The van der Waals surface area contributed by atoms with Crippen molar-refractivity contribution in [2.24, 2.45) is 0 Å². The maximum atomic E-state index is 12.6. The molecular formula is C17H15ClF2N4O3. The van der Waals surface area contributed by atoms with E-state index < -0.39 is 18.3 Å². The number of alkyl halides is 2. The maximum Gasteiger partial charge on any atom is 0.389 e. The van der Waals surface area contributed by atoms with Gasteiger partial charge in [0.25, 0.3) is 0 Å². The largest absolute Gasteiger partial charge is 0.402 e. The Hall–Kier alpha value is -2.52. The predicted molar refractivity (Wildman–Crippen MR) is 93.2 cm³/mol. The van der Waals surface area contributed by atoms with Gasteiger partial charge in [0, 0.05) is 11.6 Å². The van der Waals surface area contributed by atoms with Crippen LogP contribution in [0, 0.1) is 0 Å². The van der Waals surface area contributed by atoms with Crippen LogP contribution in [0.3, 0.4) is 0 Å². The summed E-state index contributed by atoms with van der Waals surface area (Å²) in [5.41, 5.74) is 1.14. The third-order valence-corrected chi connectivity index (χ3v) is 4.57. The van der Waals surface area contributed by atoms with E-state index in [9.17, 15) is 13.6 Å². The number of aromatic nitrogens is 4. The lowest BCUT2D eigenvalue weighted by atomic mass is 9.99. The molecule has 1 N–H and O–H groups in total. The van der Waals surface area contributed by atoms with Crippen molar-refractivity contribution in [1.82, 2.24) is 19.6 Å². The van der Waals surface area contributed by atoms with Crippen molar-refractivity contribution in [1.29, 1.82) is 0 Å². The molecule has 1 saturated heterocycles. The lowest BCUT2D eigenvalue weighted by molar-refractivity contribution is -0.0562. The van der Waals surface area contributed by atoms with Gasteiger partial charge in [0.1, 0.15) is 11.8 Å². The van der Waals surface area contributed by atoms with Gasteiger partial charge in [0.2, 0.25) is 0 Å². The Kier molecular flexibility index (Phi) is 4.79. The summed E-state index contributed by atoms with van der Waals surface area (Å²) in [5.74, 6) is 0. The fraction of sp³-hybridized carbons (Fsp3) is 0.353. The predicted octanol–water partition coefficient (Wildman–Crippen LogP) is 3.58. The molecule has 3 heterocycles. The van der Waals surface area contributed by atoms with E-state index in [1.54, 1.807) is 24.3 Å². The minimum absolute atomic E-state index is 0.112. The number of halogens is 3. The highest BCUT2D eigenvalue weighted by Crippen LogP contribution is 2.36. The van der Waals surface area contributed by atoms with Crippen molar-refractivity contribution in [2.75, 3.05) is 6.61 Å². The lowest BCUT2D eigenvalue weighted by Crippen LogP contribution is -2.21. The molecule has 142 valence electrons. The number of rotatable bonds is 4. The van der Waals surface area contributed by atoms with E-state index in [0.29, 0.717) is 28.5 Å². The quantitative estimate of drug-likeness (QED) is 0.729. The van der Waals surface area contributed by atoms with Gasteiger partial charge in [-0.15, -0.1) is 0 Å². The van der Waals surface area contributed by atoms with Gasteiger partial charge < -0.3 is 9.47 Å². The minimum Gasteiger partial charge on any atom is -0.402 e. The normalized spacial score (nSPS) is 17.6. The average molecular weight is 397 g/mol. The van der Waals surface area contributed by atoms with Gasteiger partial charge in [-0.1, -0.05) is 23.7 Å². The van der Waals surface area contributed by atoms with E-state index in [4.69, 9.17) is 16.3 Å². The van der Waals surface area contributed by atoms with Crippen molar-refractivity contribution < 1.29 is 18.3 Å². The molecule has 1 fully saturated rings. The van der Waals surface area contributed by atoms with E-state index in [1.165, 1.54) is 0 Å². The fourth-order valence-electron chi connectivity index (χ4n) is 3.15. The molecule has 0 amide bonds. The van der Waals surface area contributed by atoms with Crippen LogP contribution < -0.4 is 10.4 Å². The van der Waals surface area contributed by atoms with E-state index in [2.05, 4.69) is 19.8 Å². The molecule has 0 radical (unpaired) electrons. The van der Waals surface area contributed by atoms with E-state index >= 15 is 0 Å². The molecule has 1 atom stereocenters. The molecule has 1 aliphatic heterocycles. The summed E-state index contributed by atoms with van der Waals surface area (Å²) < 4.78 is 36.3. The van der Waals surface area contributed by atoms with Gasteiger partial charge in [-0.05, 0) is 37.0 Å². The minimum atomic E-state index is -3.11. The van der Waals surface area contributed by atoms with Crippen molar-refractivity contribution in [2.45, 2.75) is 32.0 Å². The summed E-state index contributed by atoms with van der Waals surface area (Å²) in [5, 5.41) is 4.90. The molecule has 27 heavy (non-hydrogen) atoms. The van der Waals surface area contributed by atoms with Crippen LogP contribution in [-0.2, 0) is 4.74 Å². The third kappa shape index (κ3) is 3.52. The Morgan fingerprint density at radius 3 is 2.74 bits per heavy atom. The van der Waals surface area contributed by atoms with Crippen LogP contribution >= 0.6 is 11.6 Å². The first-order chi connectivity index (χ1) is 13.0. The van der Waals surface area contributed by atoms with E-state index in [-0.39, 0.29) is 11.8 Å². The van der Waals surface area contributed by atoms with Gasteiger partial charge in [-0.2, -0.15) is 23.4 Å².